The Hall–Kier alpha value is -2.82. The quantitative estimate of drug-likeness (QED) is 0.652. The van der Waals surface area contributed by atoms with Gasteiger partial charge >= 0.3 is 0 Å². The highest BCUT2D eigenvalue weighted by atomic mass is 19.1. The van der Waals surface area contributed by atoms with Crippen LogP contribution < -0.4 is 5.73 Å². The first kappa shape index (κ1) is 14.6. The van der Waals surface area contributed by atoms with Crippen molar-refractivity contribution in [3.63, 3.8) is 0 Å². The Morgan fingerprint density at radius 1 is 1.19 bits per heavy atom. The number of hydrogen-bond donors (Lipinski definition) is 2. The van der Waals surface area contributed by atoms with Gasteiger partial charge in [-0.2, -0.15) is 0 Å². The Morgan fingerprint density at radius 2 is 1.86 bits per heavy atom. The first-order chi connectivity index (χ1) is 10.0. The second-order valence-electron chi connectivity index (χ2n) is 4.54. The fourth-order valence-electron chi connectivity index (χ4n) is 2.05. The predicted octanol–water partition coefficient (Wildman–Crippen LogP) is 2.35. The minimum atomic E-state index is -0.608. The average molecular weight is 284 g/mol. The fourth-order valence-corrected chi connectivity index (χ4v) is 2.05. The van der Waals surface area contributed by atoms with E-state index in [1.807, 2.05) is 0 Å². The molecule has 2 rings (SSSR count). The molecule has 0 bridgehead atoms. The Labute approximate surface area is 120 Å². The standard InChI is InChI=1S/C16H13FN2O2/c17-14-6-5-10(7-11(14)9-20)8-15(18)12-3-1-2-4-13(12)16(19)21/h1-7,9,18H,8H2,(H2,19,21). The van der Waals surface area contributed by atoms with Crippen LogP contribution in [0.3, 0.4) is 0 Å². The highest BCUT2D eigenvalue weighted by molar-refractivity contribution is 6.09. The van der Waals surface area contributed by atoms with Gasteiger partial charge in [-0.15, -0.1) is 0 Å². The minimum absolute atomic E-state index is 0.0523. The van der Waals surface area contributed by atoms with Crippen molar-refractivity contribution >= 4 is 17.9 Å². The largest absolute Gasteiger partial charge is 0.366 e. The lowest BCUT2D eigenvalue weighted by atomic mass is 9.97. The smallest absolute Gasteiger partial charge is 0.249 e. The first-order valence-corrected chi connectivity index (χ1v) is 6.23. The van der Waals surface area contributed by atoms with Crippen LogP contribution in [0.25, 0.3) is 0 Å². The van der Waals surface area contributed by atoms with Crippen molar-refractivity contribution < 1.29 is 14.0 Å². The molecule has 4 nitrogen and oxygen atoms in total. The number of nitrogens with one attached hydrogen (secondary N) is 1. The number of amides is 1. The van der Waals surface area contributed by atoms with E-state index in [1.165, 1.54) is 18.2 Å². The zero-order valence-corrected chi connectivity index (χ0v) is 11.1. The van der Waals surface area contributed by atoms with Gasteiger partial charge in [0.15, 0.2) is 6.29 Å². The first-order valence-electron chi connectivity index (χ1n) is 6.23. The van der Waals surface area contributed by atoms with E-state index in [0.29, 0.717) is 17.4 Å². The van der Waals surface area contributed by atoms with Gasteiger partial charge < -0.3 is 11.1 Å². The van der Waals surface area contributed by atoms with Crippen molar-refractivity contribution in [2.75, 3.05) is 0 Å². The van der Waals surface area contributed by atoms with Gasteiger partial charge in [0.25, 0.3) is 0 Å². The summed E-state index contributed by atoms with van der Waals surface area (Å²) in [5, 5.41) is 8.09. The van der Waals surface area contributed by atoms with E-state index in [4.69, 9.17) is 11.1 Å². The molecule has 0 atom stereocenters. The molecule has 0 fully saturated rings. The van der Waals surface area contributed by atoms with Crippen LogP contribution in [-0.4, -0.2) is 17.9 Å². The molecular weight excluding hydrogens is 271 g/mol. The summed E-state index contributed by atoms with van der Waals surface area (Å²) in [5.41, 5.74) is 6.71. The van der Waals surface area contributed by atoms with Crippen molar-refractivity contribution in [3.05, 3.63) is 70.5 Å². The molecule has 0 saturated heterocycles. The number of hydrogen-bond acceptors (Lipinski definition) is 3. The molecule has 0 aliphatic heterocycles. The molecule has 1 amide bonds. The second-order valence-corrected chi connectivity index (χ2v) is 4.54. The Balaban J connectivity index is 2.30. The third-order valence-corrected chi connectivity index (χ3v) is 3.09. The molecular formula is C16H13FN2O2. The topological polar surface area (TPSA) is 84.0 Å². The van der Waals surface area contributed by atoms with Crippen LogP contribution in [-0.2, 0) is 6.42 Å². The number of halogens is 1. The third kappa shape index (κ3) is 3.20. The minimum Gasteiger partial charge on any atom is -0.366 e. The van der Waals surface area contributed by atoms with Crippen LogP contribution in [0.15, 0.2) is 42.5 Å². The SMILES string of the molecule is N=C(Cc1ccc(F)c(C=O)c1)c1ccccc1C(N)=O. The molecule has 0 saturated carbocycles. The normalized spacial score (nSPS) is 10.1. The molecule has 0 heterocycles. The molecule has 106 valence electrons. The molecule has 0 unspecified atom stereocenters. The fraction of sp³-hybridized carbons (Fsp3) is 0.0625. The molecule has 2 aromatic carbocycles. The van der Waals surface area contributed by atoms with E-state index >= 15 is 0 Å². The summed E-state index contributed by atoms with van der Waals surface area (Å²) >= 11 is 0. The molecule has 3 N–H and O–H groups in total. The summed E-state index contributed by atoms with van der Waals surface area (Å²) in [5.74, 6) is -1.21. The van der Waals surface area contributed by atoms with Crippen molar-refractivity contribution in [3.8, 4) is 0 Å². The van der Waals surface area contributed by atoms with E-state index in [2.05, 4.69) is 0 Å². The van der Waals surface area contributed by atoms with Gasteiger partial charge in [-0.05, 0) is 23.8 Å². The maximum absolute atomic E-state index is 13.3. The lowest BCUT2D eigenvalue weighted by Crippen LogP contribution is -2.17. The second kappa shape index (κ2) is 6.09. The lowest BCUT2D eigenvalue weighted by Gasteiger charge is -2.09. The summed E-state index contributed by atoms with van der Waals surface area (Å²) in [6.07, 6.45) is 0.602. The van der Waals surface area contributed by atoms with E-state index in [9.17, 15) is 14.0 Å². The van der Waals surface area contributed by atoms with Gasteiger partial charge in [0, 0.05) is 23.3 Å². The molecule has 0 aliphatic rings. The number of benzene rings is 2. The highest BCUT2D eigenvalue weighted by Gasteiger charge is 2.12. The van der Waals surface area contributed by atoms with E-state index in [-0.39, 0.29) is 23.3 Å². The van der Waals surface area contributed by atoms with Crippen molar-refractivity contribution in [1.82, 2.24) is 0 Å². The summed E-state index contributed by atoms with van der Waals surface area (Å²) in [4.78, 5) is 22.1. The monoisotopic (exact) mass is 284 g/mol. The zero-order chi connectivity index (χ0) is 15.4. The number of nitrogens with two attached hydrogens (primary N) is 1. The van der Waals surface area contributed by atoms with Crippen molar-refractivity contribution in [1.29, 1.82) is 5.41 Å². The average Bonchev–Trinajstić information content (AvgIpc) is 2.49. The summed E-state index contributed by atoms with van der Waals surface area (Å²) < 4.78 is 13.3. The molecule has 21 heavy (non-hydrogen) atoms. The van der Waals surface area contributed by atoms with Gasteiger partial charge in [-0.1, -0.05) is 24.3 Å². The molecule has 0 spiro atoms. The molecule has 5 heteroatoms. The van der Waals surface area contributed by atoms with Crippen molar-refractivity contribution in [2.45, 2.75) is 6.42 Å². The lowest BCUT2D eigenvalue weighted by molar-refractivity contribution is 0.0999. The van der Waals surface area contributed by atoms with Crippen LogP contribution in [0.4, 0.5) is 4.39 Å². The van der Waals surface area contributed by atoms with E-state index in [0.717, 1.165) is 0 Å². The van der Waals surface area contributed by atoms with Gasteiger partial charge in [0.1, 0.15) is 5.82 Å². The summed E-state index contributed by atoms with van der Waals surface area (Å²) in [6, 6.07) is 10.6. The van der Waals surface area contributed by atoms with Gasteiger partial charge in [-0.3, -0.25) is 9.59 Å². The molecule has 2 aromatic rings. The summed E-state index contributed by atoms with van der Waals surface area (Å²) in [6.45, 7) is 0. The van der Waals surface area contributed by atoms with E-state index < -0.39 is 11.7 Å². The van der Waals surface area contributed by atoms with Crippen LogP contribution in [0.2, 0.25) is 0 Å². The maximum atomic E-state index is 13.3. The number of aldehydes is 1. The van der Waals surface area contributed by atoms with Crippen LogP contribution in [0.1, 0.15) is 31.8 Å². The molecule has 0 radical (unpaired) electrons. The van der Waals surface area contributed by atoms with E-state index in [1.54, 1.807) is 24.3 Å². The Kier molecular flexibility index (Phi) is 4.23. The highest BCUT2D eigenvalue weighted by Crippen LogP contribution is 2.14. The molecule has 0 aliphatic carbocycles. The predicted molar refractivity (Wildman–Crippen MR) is 77.3 cm³/mol. The molecule has 0 aromatic heterocycles. The number of carbonyl (C=O) groups is 2. The van der Waals surface area contributed by atoms with Crippen LogP contribution in [0, 0.1) is 11.2 Å². The van der Waals surface area contributed by atoms with Gasteiger partial charge in [0.05, 0.1) is 5.56 Å². The summed E-state index contributed by atoms with van der Waals surface area (Å²) in [7, 11) is 0. The van der Waals surface area contributed by atoms with Crippen LogP contribution in [0.5, 0.6) is 0 Å². The van der Waals surface area contributed by atoms with Gasteiger partial charge in [-0.25, -0.2) is 4.39 Å². The van der Waals surface area contributed by atoms with Crippen LogP contribution >= 0.6 is 0 Å². The number of rotatable bonds is 5. The Morgan fingerprint density at radius 3 is 2.48 bits per heavy atom. The number of primary amides is 1. The van der Waals surface area contributed by atoms with Gasteiger partial charge in [0.2, 0.25) is 5.91 Å². The third-order valence-electron chi connectivity index (χ3n) is 3.09. The maximum Gasteiger partial charge on any atom is 0.249 e. The number of carbonyl (C=O) groups excluding carboxylic acids is 2. The van der Waals surface area contributed by atoms with Crippen molar-refractivity contribution in [2.24, 2.45) is 5.73 Å². The Bertz CT molecular complexity index is 726. The zero-order valence-electron chi connectivity index (χ0n) is 11.1.